The van der Waals surface area contributed by atoms with Crippen LogP contribution in [0.2, 0.25) is 0 Å². The number of rotatable bonds is 0. The van der Waals surface area contributed by atoms with Crippen LogP contribution >= 0.6 is 0 Å². The monoisotopic (exact) mass is 114 g/mol. The molecule has 0 spiro atoms. The third-order valence-corrected chi connectivity index (χ3v) is 0.335. The molecule has 0 aromatic rings. The van der Waals surface area contributed by atoms with Gasteiger partial charge in [0.2, 0.25) is 0 Å². The highest BCUT2D eigenvalue weighted by molar-refractivity contribution is 5.87. The largest absolute Gasteiger partial charge is 0.388 e. The van der Waals surface area contributed by atoms with Gasteiger partial charge < -0.3 is 5.73 Å². The fraction of sp³-hybridized carbons (Fsp3) is 0.500. The maximum atomic E-state index is 6.28. The fourth-order valence-electron chi connectivity index (χ4n) is 0.0559. The highest BCUT2D eigenvalue weighted by atomic mass is 15.5. The van der Waals surface area contributed by atoms with Gasteiger partial charge in [0.1, 0.15) is 5.84 Å². The summed E-state index contributed by atoms with van der Waals surface area (Å²) in [6, 6.07) is 0. The minimum Gasteiger partial charge on any atom is -0.388 e. The van der Waals surface area contributed by atoms with E-state index < -0.39 is 0 Å². The van der Waals surface area contributed by atoms with Crippen molar-refractivity contribution in [2.45, 2.75) is 13.8 Å². The summed E-state index contributed by atoms with van der Waals surface area (Å²) in [5.41, 5.74) is 7.33. The second-order valence-electron chi connectivity index (χ2n) is 1.49. The van der Waals surface area contributed by atoms with Gasteiger partial charge in [-0.3, -0.25) is 10.8 Å². The van der Waals surface area contributed by atoms with Gasteiger partial charge in [0.05, 0.1) is 5.84 Å². The molecule has 4 N–H and O–H groups in total. The molecule has 8 heavy (non-hydrogen) atoms. The van der Waals surface area contributed by atoms with E-state index in [1.165, 1.54) is 6.92 Å². The van der Waals surface area contributed by atoms with Crippen molar-refractivity contribution >= 4 is 11.7 Å². The third-order valence-electron chi connectivity index (χ3n) is 0.335. The summed E-state index contributed by atoms with van der Waals surface area (Å²) < 4.78 is 0. The minimum absolute atomic E-state index is 0.167. The predicted molar refractivity (Wildman–Crippen MR) is 33.8 cm³/mol. The SMILES string of the molecule is CC(=N)N.CC1=NN1. The smallest absolute Gasteiger partial charge is 0.139 e. The van der Waals surface area contributed by atoms with Crippen LogP contribution in [0, 0.1) is 5.41 Å². The Morgan fingerprint density at radius 1 is 1.88 bits per heavy atom. The van der Waals surface area contributed by atoms with E-state index in [1.54, 1.807) is 0 Å². The van der Waals surface area contributed by atoms with Crippen LogP contribution in [-0.4, -0.2) is 11.7 Å². The number of amidine groups is 2. The number of hydrazone groups is 1. The number of nitrogens with zero attached hydrogens (tertiary/aromatic N) is 1. The lowest BCUT2D eigenvalue weighted by Gasteiger charge is -1.66. The standard InChI is InChI=1S/C2H4N2.C2H6N2/c1-2-3-4-2;1-2(3)4/h1H3,(H,3,4);1H3,(H3,3,4). The number of hydrogen-bond donors (Lipinski definition) is 3. The Morgan fingerprint density at radius 2 is 2.00 bits per heavy atom. The lowest BCUT2D eigenvalue weighted by atomic mass is 10.8. The molecule has 46 valence electrons. The zero-order chi connectivity index (χ0) is 6.57. The molecule has 0 bridgehead atoms. The molecule has 4 heteroatoms. The average molecular weight is 114 g/mol. The molecule has 4 nitrogen and oxygen atoms in total. The Bertz CT molecular complexity index is 111. The first-order valence-corrected chi connectivity index (χ1v) is 2.24. The summed E-state index contributed by atoms with van der Waals surface area (Å²) in [4.78, 5) is 0. The molecule has 0 radical (unpaired) electrons. The van der Waals surface area contributed by atoms with Gasteiger partial charge >= 0.3 is 0 Å². The molecule has 0 saturated carbocycles. The van der Waals surface area contributed by atoms with Crippen LogP contribution in [-0.2, 0) is 0 Å². The van der Waals surface area contributed by atoms with Crippen molar-refractivity contribution in [3.8, 4) is 0 Å². The van der Waals surface area contributed by atoms with Crippen LogP contribution in [0.1, 0.15) is 13.8 Å². The van der Waals surface area contributed by atoms with E-state index in [9.17, 15) is 0 Å². The zero-order valence-electron chi connectivity index (χ0n) is 5.02. The Labute approximate surface area is 48.3 Å². The second kappa shape index (κ2) is 3.01. The fourth-order valence-corrected chi connectivity index (χ4v) is 0.0559. The molecule has 0 fully saturated rings. The first-order chi connectivity index (χ1) is 3.63. The molecular weight excluding hydrogens is 104 g/mol. The molecule has 0 aromatic heterocycles. The van der Waals surface area contributed by atoms with E-state index in [-0.39, 0.29) is 5.84 Å². The predicted octanol–water partition coefficient (Wildman–Crippen LogP) is -0.135. The van der Waals surface area contributed by atoms with E-state index >= 15 is 0 Å². The molecule has 0 amide bonds. The van der Waals surface area contributed by atoms with Crippen LogP contribution in [0.4, 0.5) is 0 Å². The van der Waals surface area contributed by atoms with Gasteiger partial charge in [-0.1, -0.05) is 0 Å². The Morgan fingerprint density at radius 3 is 2.00 bits per heavy atom. The van der Waals surface area contributed by atoms with E-state index in [1.807, 2.05) is 6.92 Å². The summed E-state index contributed by atoms with van der Waals surface area (Å²) in [7, 11) is 0. The van der Waals surface area contributed by atoms with Gasteiger partial charge in [0.15, 0.2) is 0 Å². The van der Waals surface area contributed by atoms with Crippen molar-refractivity contribution in [1.82, 2.24) is 5.43 Å². The van der Waals surface area contributed by atoms with E-state index in [2.05, 4.69) is 10.5 Å². The van der Waals surface area contributed by atoms with Gasteiger partial charge in [-0.2, -0.15) is 5.10 Å². The number of hydrogen-bond acceptors (Lipinski definition) is 3. The molecular formula is C4H10N4. The molecule has 0 aliphatic carbocycles. The third kappa shape index (κ3) is 20.4. The lowest BCUT2D eigenvalue weighted by molar-refractivity contribution is 1.26. The lowest BCUT2D eigenvalue weighted by Crippen LogP contribution is -2.00. The summed E-state index contributed by atoms with van der Waals surface area (Å²) in [6.45, 7) is 3.44. The van der Waals surface area contributed by atoms with E-state index in [0.29, 0.717) is 0 Å². The maximum absolute atomic E-state index is 6.28. The summed E-state index contributed by atoms with van der Waals surface area (Å²) in [5.74, 6) is 1.21. The molecule has 0 atom stereocenters. The first-order valence-electron chi connectivity index (χ1n) is 2.24. The van der Waals surface area contributed by atoms with Crippen molar-refractivity contribution in [3.05, 3.63) is 0 Å². The topological polar surface area (TPSA) is 84.2 Å². The second-order valence-corrected chi connectivity index (χ2v) is 1.49. The molecule has 0 aromatic carbocycles. The van der Waals surface area contributed by atoms with Crippen LogP contribution in [0.25, 0.3) is 0 Å². The summed E-state index contributed by atoms with van der Waals surface area (Å²) >= 11 is 0. The maximum Gasteiger partial charge on any atom is 0.139 e. The van der Waals surface area contributed by atoms with Gasteiger partial charge in [0.25, 0.3) is 0 Å². The van der Waals surface area contributed by atoms with Gasteiger partial charge in [-0.15, -0.1) is 0 Å². The van der Waals surface area contributed by atoms with E-state index in [0.717, 1.165) is 5.84 Å². The van der Waals surface area contributed by atoms with Crippen molar-refractivity contribution in [1.29, 1.82) is 5.41 Å². The van der Waals surface area contributed by atoms with Gasteiger partial charge in [0, 0.05) is 0 Å². The molecule has 0 unspecified atom stereocenters. The molecule has 1 rings (SSSR count). The zero-order valence-corrected chi connectivity index (χ0v) is 5.02. The molecule has 0 saturated heterocycles. The Hall–Kier alpha value is -1.06. The van der Waals surface area contributed by atoms with Crippen molar-refractivity contribution in [3.63, 3.8) is 0 Å². The molecule has 1 aliphatic rings. The highest BCUT2D eigenvalue weighted by Crippen LogP contribution is 1.78. The average Bonchev–Trinajstić information content (AvgIpc) is 2.19. The van der Waals surface area contributed by atoms with Crippen LogP contribution in [0.3, 0.4) is 0 Å². The summed E-state index contributed by atoms with van der Waals surface area (Å²) in [6.07, 6.45) is 0. The van der Waals surface area contributed by atoms with Crippen molar-refractivity contribution in [2.24, 2.45) is 10.8 Å². The molecule has 1 heterocycles. The van der Waals surface area contributed by atoms with Crippen molar-refractivity contribution in [2.75, 3.05) is 0 Å². The van der Waals surface area contributed by atoms with Gasteiger partial charge in [-0.05, 0) is 13.8 Å². The molecule has 1 aliphatic heterocycles. The number of nitrogens with one attached hydrogen (secondary N) is 2. The van der Waals surface area contributed by atoms with E-state index in [4.69, 9.17) is 11.1 Å². The van der Waals surface area contributed by atoms with Gasteiger partial charge in [-0.25, -0.2) is 0 Å². The van der Waals surface area contributed by atoms with Crippen LogP contribution < -0.4 is 11.2 Å². The van der Waals surface area contributed by atoms with Crippen LogP contribution in [0.15, 0.2) is 5.10 Å². The first kappa shape index (κ1) is 6.94. The summed E-state index contributed by atoms with van der Waals surface area (Å²) in [5, 5.41) is 9.85. The van der Waals surface area contributed by atoms with Crippen molar-refractivity contribution < 1.29 is 0 Å². The Balaban J connectivity index is 0.000000122. The Kier molecular flexibility index (Phi) is 2.61. The normalized spacial score (nSPS) is 12.0. The minimum atomic E-state index is 0.167. The quantitative estimate of drug-likeness (QED) is 0.302. The highest BCUT2D eigenvalue weighted by Gasteiger charge is 1.94. The number of nitrogens with two attached hydrogens (primary N) is 1. The van der Waals surface area contributed by atoms with Crippen LogP contribution in [0.5, 0.6) is 0 Å².